The number of rotatable bonds is 5. The van der Waals surface area contributed by atoms with Crippen molar-refractivity contribution in [1.82, 2.24) is 0 Å². The highest BCUT2D eigenvalue weighted by Gasteiger charge is 2.28. The van der Waals surface area contributed by atoms with E-state index in [0.29, 0.717) is 5.02 Å². The van der Waals surface area contributed by atoms with Crippen LogP contribution < -0.4 is 4.90 Å². The molecule has 0 unspecified atom stereocenters. The molecule has 2 aromatic rings. The van der Waals surface area contributed by atoms with Gasteiger partial charge in [-0.2, -0.15) is 0 Å². The van der Waals surface area contributed by atoms with Gasteiger partial charge >= 0.3 is 0 Å². The second kappa shape index (κ2) is 7.93. The number of ether oxygens (including phenoxy) is 1. The summed E-state index contributed by atoms with van der Waals surface area (Å²) < 4.78 is 5.45. The molecule has 1 aliphatic rings. The van der Waals surface area contributed by atoms with Gasteiger partial charge in [0.2, 0.25) is 0 Å². The fourth-order valence-electron chi connectivity index (χ4n) is 3.18. The summed E-state index contributed by atoms with van der Waals surface area (Å²) in [5, 5.41) is 11.7. The highest BCUT2D eigenvalue weighted by atomic mass is 35.5. The van der Waals surface area contributed by atoms with Gasteiger partial charge < -0.3 is 14.7 Å². The topological polar surface area (TPSA) is 33.9 Å². The minimum absolute atomic E-state index is 0.0606. The Morgan fingerprint density at radius 3 is 2.26 bits per heavy atom. The van der Waals surface area contributed by atoms with Crippen molar-refractivity contribution in [1.29, 1.82) is 0 Å². The van der Waals surface area contributed by atoms with Crippen LogP contribution >= 0.6 is 11.6 Å². The van der Waals surface area contributed by atoms with Crippen molar-refractivity contribution in [2.75, 3.05) is 32.8 Å². The van der Waals surface area contributed by atoms with E-state index in [-0.39, 0.29) is 5.92 Å². The minimum Gasteiger partial charge on any atom is -0.388 e. The van der Waals surface area contributed by atoms with E-state index < -0.39 is 6.10 Å². The van der Waals surface area contributed by atoms with Crippen LogP contribution in [0.4, 0.5) is 0 Å². The molecule has 1 aliphatic heterocycles. The van der Waals surface area contributed by atoms with Crippen molar-refractivity contribution in [2.24, 2.45) is 0 Å². The molecule has 0 spiro atoms. The molecule has 23 heavy (non-hydrogen) atoms. The number of hydrogen-bond donors (Lipinski definition) is 2. The van der Waals surface area contributed by atoms with Crippen molar-refractivity contribution in [3.8, 4) is 0 Å². The number of morpholine rings is 1. The first kappa shape index (κ1) is 16.5. The van der Waals surface area contributed by atoms with Gasteiger partial charge in [-0.1, -0.05) is 54.1 Å². The number of hydrogen-bond acceptors (Lipinski definition) is 2. The van der Waals surface area contributed by atoms with Crippen molar-refractivity contribution in [3.05, 3.63) is 70.7 Å². The number of nitrogens with one attached hydrogen (secondary N) is 1. The first-order valence-electron chi connectivity index (χ1n) is 8.14. The highest BCUT2D eigenvalue weighted by molar-refractivity contribution is 6.30. The second-order valence-corrected chi connectivity index (χ2v) is 6.52. The summed E-state index contributed by atoms with van der Waals surface area (Å²) in [5.74, 6) is 0.0606. The summed E-state index contributed by atoms with van der Waals surface area (Å²) in [7, 11) is 0. The summed E-state index contributed by atoms with van der Waals surface area (Å²) in [4.78, 5) is 1.48. The first-order chi connectivity index (χ1) is 11.2. The van der Waals surface area contributed by atoms with Gasteiger partial charge in [0.05, 0.1) is 31.8 Å². The quantitative estimate of drug-likeness (QED) is 0.879. The Labute approximate surface area is 142 Å². The Balaban J connectivity index is 1.83. The van der Waals surface area contributed by atoms with Crippen LogP contribution in [0.3, 0.4) is 0 Å². The van der Waals surface area contributed by atoms with Crippen LogP contribution in [0.1, 0.15) is 23.1 Å². The average Bonchev–Trinajstić information content (AvgIpc) is 2.61. The van der Waals surface area contributed by atoms with Crippen molar-refractivity contribution in [3.63, 3.8) is 0 Å². The zero-order chi connectivity index (χ0) is 16.1. The van der Waals surface area contributed by atoms with E-state index in [1.54, 1.807) is 0 Å². The van der Waals surface area contributed by atoms with Crippen LogP contribution in [-0.4, -0.2) is 38.0 Å². The predicted octanol–water partition coefficient (Wildman–Crippen LogP) is 2.07. The lowest BCUT2D eigenvalue weighted by Crippen LogP contribution is -3.14. The van der Waals surface area contributed by atoms with Crippen LogP contribution in [0.2, 0.25) is 5.02 Å². The Morgan fingerprint density at radius 2 is 1.61 bits per heavy atom. The Bertz CT molecular complexity index is 597. The van der Waals surface area contributed by atoms with Gasteiger partial charge in [-0.25, -0.2) is 0 Å². The van der Waals surface area contributed by atoms with E-state index in [4.69, 9.17) is 16.3 Å². The van der Waals surface area contributed by atoms with Crippen molar-refractivity contribution >= 4 is 11.6 Å². The minimum atomic E-state index is -0.537. The predicted molar refractivity (Wildman–Crippen MR) is 92.0 cm³/mol. The molecule has 2 N–H and O–H groups in total. The molecule has 0 bridgehead atoms. The van der Waals surface area contributed by atoms with Crippen LogP contribution in [-0.2, 0) is 4.74 Å². The lowest BCUT2D eigenvalue weighted by molar-refractivity contribution is -0.909. The van der Waals surface area contributed by atoms with E-state index in [2.05, 4.69) is 12.1 Å². The first-order valence-corrected chi connectivity index (χ1v) is 8.51. The third-order valence-corrected chi connectivity index (χ3v) is 4.78. The summed E-state index contributed by atoms with van der Waals surface area (Å²) in [6.45, 7) is 4.49. The van der Waals surface area contributed by atoms with E-state index in [1.165, 1.54) is 10.5 Å². The average molecular weight is 333 g/mol. The van der Waals surface area contributed by atoms with E-state index in [0.717, 1.165) is 38.4 Å². The molecule has 0 aromatic heterocycles. The summed E-state index contributed by atoms with van der Waals surface area (Å²) in [6, 6.07) is 17.8. The molecule has 3 rings (SSSR count). The monoisotopic (exact) mass is 332 g/mol. The molecule has 2 aromatic carbocycles. The molecule has 0 aliphatic carbocycles. The van der Waals surface area contributed by atoms with Crippen LogP contribution in [0.5, 0.6) is 0 Å². The van der Waals surface area contributed by atoms with Gasteiger partial charge in [0.15, 0.2) is 0 Å². The molecule has 1 saturated heterocycles. The molecule has 0 saturated carbocycles. The molecule has 0 amide bonds. The molecule has 4 heteroatoms. The summed E-state index contributed by atoms with van der Waals surface area (Å²) in [6.07, 6.45) is -0.537. The van der Waals surface area contributed by atoms with E-state index in [1.807, 2.05) is 42.5 Å². The SMILES string of the molecule is O[C@H](c1ccc(Cl)cc1)[C@@H](C[NH+]1CCOCC1)c1ccccc1. The molecule has 3 nitrogen and oxygen atoms in total. The lowest BCUT2D eigenvalue weighted by Gasteiger charge is -2.30. The standard InChI is InChI=1S/C19H22ClNO2/c20-17-8-6-16(7-9-17)19(22)18(15-4-2-1-3-5-15)14-21-10-12-23-13-11-21/h1-9,18-19,22H,10-14H2/p+1/t18-,19+/m0/s1. The number of benzene rings is 2. The van der Waals surface area contributed by atoms with Gasteiger partial charge in [0.25, 0.3) is 0 Å². The summed E-state index contributed by atoms with van der Waals surface area (Å²) >= 11 is 5.97. The summed E-state index contributed by atoms with van der Waals surface area (Å²) in [5.41, 5.74) is 2.09. The number of quaternary nitrogens is 1. The third kappa shape index (κ3) is 4.33. The number of aliphatic hydroxyl groups is 1. The third-order valence-electron chi connectivity index (χ3n) is 4.53. The van der Waals surface area contributed by atoms with Gasteiger partial charge in [-0.15, -0.1) is 0 Å². The maximum atomic E-state index is 11.0. The lowest BCUT2D eigenvalue weighted by atomic mass is 9.88. The molecule has 1 fully saturated rings. The van der Waals surface area contributed by atoms with Crippen LogP contribution in [0.15, 0.2) is 54.6 Å². The Morgan fingerprint density at radius 1 is 0.957 bits per heavy atom. The van der Waals surface area contributed by atoms with Crippen molar-refractivity contribution in [2.45, 2.75) is 12.0 Å². The second-order valence-electron chi connectivity index (χ2n) is 6.08. The van der Waals surface area contributed by atoms with E-state index in [9.17, 15) is 5.11 Å². The van der Waals surface area contributed by atoms with Gasteiger partial charge in [0.1, 0.15) is 13.1 Å². The number of halogens is 1. The van der Waals surface area contributed by atoms with Gasteiger partial charge in [0, 0.05) is 5.02 Å². The van der Waals surface area contributed by atoms with Crippen molar-refractivity contribution < 1.29 is 14.7 Å². The molecular formula is C19H23ClNO2+. The Hall–Kier alpha value is -1.39. The highest BCUT2D eigenvalue weighted by Crippen LogP contribution is 2.30. The molecule has 122 valence electrons. The fourth-order valence-corrected chi connectivity index (χ4v) is 3.31. The zero-order valence-corrected chi connectivity index (χ0v) is 13.9. The van der Waals surface area contributed by atoms with Crippen LogP contribution in [0, 0.1) is 0 Å². The fraction of sp³-hybridized carbons (Fsp3) is 0.368. The van der Waals surface area contributed by atoms with Crippen LogP contribution in [0.25, 0.3) is 0 Å². The smallest absolute Gasteiger partial charge is 0.101 e. The maximum Gasteiger partial charge on any atom is 0.101 e. The zero-order valence-electron chi connectivity index (χ0n) is 13.1. The molecular weight excluding hydrogens is 310 g/mol. The maximum absolute atomic E-state index is 11.0. The largest absolute Gasteiger partial charge is 0.388 e. The van der Waals surface area contributed by atoms with Gasteiger partial charge in [-0.05, 0) is 23.3 Å². The molecule has 0 radical (unpaired) electrons. The van der Waals surface area contributed by atoms with Gasteiger partial charge in [-0.3, -0.25) is 0 Å². The Kier molecular flexibility index (Phi) is 5.68. The molecule has 1 heterocycles. The molecule has 2 atom stereocenters. The number of aliphatic hydroxyl groups excluding tert-OH is 1. The normalized spacial score (nSPS) is 18.5. The van der Waals surface area contributed by atoms with E-state index >= 15 is 0 Å².